The summed E-state index contributed by atoms with van der Waals surface area (Å²) in [6.07, 6.45) is 0. The molecule has 0 atom stereocenters. The first-order chi connectivity index (χ1) is 12.1. The molecular formula is C19H11Cl3N2S. The molecule has 0 aliphatic carbocycles. The van der Waals surface area contributed by atoms with E-state index in [-0.39, 0.29) is 0 Å². The summed E-state index contributed by atoms with van der Waals surface area (Å²) in [6, 6.07) is 17.9. The lowest BCUT2D eigenvalue weighted by Crippen LogP contribution is -1.92. The molecule has 4 rings (SSSR count). The van der Waals surface area contributed by atoms with Gasteiger partial charge in [-0.25, -0.2) is 4.98 Å². The molecule has 124 valence electrons. The molecule has 25 heavy (non-hydrogen) atoms. The van der Waals surface area contributed by atoms with Gasteiger partial charge >= 0.3 is 0 Å². The molecule has 0 aliphatic heterocycles. The van der Waals surface area contributed by atoms with Crippen molar-refractivity contribution in [2.45, 2.75) is 0 Å². The molecular weight excluding hydrogens is 395 g/mol. The first-order valence-electron chi connectivity index (χ1n) is 7.46. The van der Waals surface area contributed by atoms with Gasteiger partial charge in [0.2, 0.25) is 0 Å². The van der Waals surface area contributed by atoms with Crippen molar-refractivity contribution in [1.29, 1.82) is 0 Å². The Morgan fingerprint density at radius 2 is 1.56 bits per heavy atom. The minimum atomic E-state index is 0.458. The third kappa shape index (κ3) is 3.46. The summed E-state index contributed by atoms with van der Waals surface area (Å²) in [7, 11) is 0. The van der Waals surface area contributed by atoms with E-state index in [0.717, 1.165) is 11.3 Å². The number of nitrogens with one attached hydrogen (secondary N) is 1. The number of benzene rings is 3. The first kappa shape index (κ1) is 16.7. The Bertz CT molecular complexity index is 1050. The molecule has 0 bridgehead atoms. The molecule has 4 aromatic rings. The van der Waals surface area contributed by atoms with E-state index in [9.17, 15) is 0 Å². The van der Waals surface area contributed by atoms with Gasteiger partial charge in [0.1, 0.15) is 0 Å². The minimum Gasteiger partial charge on any atom is -0.329 e. The monoisotopic (exact) mass is 404 g/mol. The van der Waals surface area contributed by atoms with Crippen LogP contribution in [0.1, 0.15) is 0 Å². The second kappa shape index (κ2) is 6.85. The van der Waals surface area contributed by atoms with Crippen LogP contribution in [0.25, 0.3) is 22.0 Å². The fraction of sp³-hybridized carbons (Fsp3) is 0. The average molecular weight is 406 g/mol. The van der Waals surface area contributed by atoms with Crippen LogP contribution >= 0.6 is 46.1 Å². The van der Waals surface area contributed by atoms with Gasteiger partial charge in [-0.2, -0.15) is 0 Å². The molecule has 3 aromatic carbocycles. The second-order valence-electron chi connectivity index (χ2n) is 5.47. The largest absolute Gasteiger partial charge is 0.329 e. The van der Waals surface area contributed by atoms with Crippen molar-refractivity contribution in [2.75, 3.05) is 5.32 Å². The summed E-state index contributed by atoms with van der Waals surface area (Å²) in [6.45, 7) is 0. The summed E-state index contributed by atoms with van der Waals surface area (Å²) in [4.78, 5) is 4.64. The molecule has 0 fully saturated rings. The number of hydrogen-bond acceptors (Lipinski definition) is 3. The van der Waals surface area contributed by atoms with E-state index in [1.807, 2.05) is 17.5 Å². The summed E-state index contributed by atoms with van der Waals surface area (Å²) in [5, 5.41) is 9.71. The van der Waals surface area contributed by atoms with Crippen LogP contribution in [0, 0.1) is 0 Å². The molecule has 2 nitrogen and oxygen atoms in total. The van der Waals surface area contributed by atoms with Crippen LogP contribution in [-0.2, 0) is 0 Å². The number of hydrogen-bond donors (Lipinski definition) is 1. The van der Waals surface area contributed by atoms with Crippen molar-refractivity contribution in [3.63, 3.8) is 0 Å². The van der Waals surface area contributed by atoms with Gasteiger partial charge in [0, 0.05) is 16.0 Å². The zero-order chi connectivity index (χ0) is 17.4. The predicted molar refractivity (Wildman–Crippen MR) is 110 cm³/mol. The van der Waals surface area contributed by atoms with Crippen LogP contribution in [0.15, 0.2) is 60.0 Å². The molecule has 0 unspecified atom stereocenters. The van der Waals surface area contributed by atoms with Crippen LogP contribution in [-0.4, -0.2) is 4.98 Å². The lowest BCUT2D eigenvalue weighted by molar-refractivity contribution is 1.39. The summed E-state index contributed by atoms with van der Waals surface area (Å²) in [5.41, 5.74) is 2.57. The van der Waals surface area contributed by atoms with Gasteiger partial charge in [0.25, 0.3) is 0 Å². The van der Waals surface area contributed by atoms with Crippen molar-refractivity contribution in [3.05, 3.63) is 75.0 Å². The Balaban J connectivity index is 1.66. The third-order valence-corrected chi connectivity index (χ3v) is 5.36. The molecule has 0 radical (unpaired) electrons. The van der Waals surface area contributed by atoms with Crippen molar-refractivity contribution >= 4 is 67.7 Å². The van der Waals surface area contributed by atoms with Crippen molar-refractivity contribution in [3.8, 4) is 11.3 Å². The molecule has 0 spiro atoms. The zero-order valence-corrected chi connectivity index (χ0v) is 15.8. The van der Waals surface area contributed by atoms with Crippen LogP contribution in [0.4, 0.5) is 10.8 Å². The smallest absolute Gasteiger partial charge is 0.187 e. The van der Waals surface area contributed by atoms with Crippen LogP contribution in [0.3, 0.4) is 0 Å². The highest BCUT2D eigenvalue weighted by Gasteiger charge is 2.11. The Kier molecular flexibility index (Phi) is 4.57. The molecule has 0 amide bonds. The number of anilines is 2. The zero-order valence-electron chi connectivity index (χ0n) is 12.8. The average Bonchev–Trinajstić information content (AvgIpc) is 3.06. The highest BCUT2D eigenvalue weighted by molar-refractivity contribution is 7.14. The minimum absolute atomic E-state index is 0.458. The Morgan fingerprint density at radius 3 is 2.32 bits per heavy atom. The molecule has 0 saturated heterocycles. The number of fused-ring (bicyclic) bond motifs is 1. The van der Waals surface area contributed by atoms with E-state index in [1.54, 1.807) is 12.1 Å². The van der Waals surface area contributed by atoms with Gasteiger partial charge in [-0.1, -0.05) is 71.2 Å². The molecule has 0 saturated carbocycles. The fourth-order valence-electron chi connectivity index (χ4n) is 2.58. The Morgan fingerprint density at radius 1 is 0.840 bits per heavy atom. The fourth-order valence-corrected chi connectivity index (χ4v) is 4.22. The summed E-state index contributed by atoms with van der Waals surface area (Å²) < 4.78 is 0. The maximum absolute atomic E-state index is 6.22. The van der Waals surface area contributed by atoms with E-state index < -0.39 is 0 Å². The third-order valence-electron chi connectivity index (χ3n) is 3.79. The topological polar surface area (TPSA) is 24.9 Å². The number of halogens is 3. The normalized spacial score (nSPS) is 11.0. The Hall–Kier alpha value is -1.78. The number of nitrogens with zero attached hydrogens (tertiary/aromatic N) is 1. The lowest BCUT2D eigenvalue weighted by atomic mass is 10.1. The molecule has 1 heterocycles. The summed E-state index contributed by atoms with van der Waals surface area (Å²) in [5.74, 6) is 0. The highest BCUT2D eigenvalue weighted by atomic mass is 35.5. The van der Waals surface area contributed by atoms with E-state index in [2.05, 4.69) is 40.6 Å². The van der Waals surface area contributed by atoms with Crippen molar-refractivity contribution in [2.24, 2.45) is 0 Å². The van der Waals surface area contributed by atoms with E-state index >= 15 is 0 Å². The lowest BCUT2D eigenvalue weighted by Gasteiger charge is -2.08. The molecule has 1 N–H and O–H groups in total. The van der Waals surface area contributed by atoms with Gasteiger partial charge in [-0.05, 0) is 29.0 Å². The highest BCUT2D eigenvalue weighted by Crippen LogP contribution is 2.37. The quantitative estimate of drug-likeness (QED) is 0.378. The van der Waals surface area contributed by atoms with Gasteiger partial charge in [0.05, 0.1) is 21.4 Å². The maximum atomic E-state index is 6.22. The van der Waals surface area contributed by atoms with Gasteiger partial charge in [-0.3, -0.25) is 0 Å². The van der Waals surface area contributed by atoms with Gasteiger partial charge in [-0.15, -0.1) is 11.3 Å². The van der Waals surface area contributed by atoms with E-state index in [0.29, 0.717) is 25.9 Å². The van der Waals surface area contributed by atoms with Crippen LogP contribution in [0.5, 0.6) is 0 Å². The first-order valence-corrected chi connectivity index (χ1v) is 9.48. The molecule has 0 aliphatic rings. The Labute approximate surface area is 164 Å². The van der Waals surface area contributed by atoms with Gasteiger partial charge < -0.3 is 5.32 Å². The van der Waals surface area contributed by atoms with E-state index in [4.69, 9.17) is 34.8 Å². The number of rotatable bonds is 3. The van der Waals surface area contributed by atoms with Crippen molar-refractivity contribution < 1.29 is 0 Å². The molecule has 6 heteroatoms. The van der Waals surface area contributed by atoms with Crippen LogP contribution < -0.4 is 5.32 Å². The predicted octanol–water partition coefficient (Wildman–Crippen LogP) is 7.67. The SMILES string of the molecule is Clc1cc(Cl)c(Nc2nc(-c3ccc4ccccc4c3)cs2)c(Cl)c1. The second-order valence-corrected chi connectivity index (χ2v) is 7.58. The standard InChI is InChI=1S/C19H11Cl3N2S/c20-14-8-15(21)18(16(22)9-14)24-19-23-17(10-25-19)13-6-5-11-3-1-2-4-12(11)7-13/h1-10H,(H,23,24). The van der Waals surface area contributed by atoms with E-state index in [1.165, 1.54) is 22.1 Å². The van der Waals surface area contributed by atoms with Crippen LogP contribution in [0.2, 0.25) is 15.1 Å². The van der Waals surface area contributed by atoms with Gasteiger partial charge in [0.15, 0.2) is 5.13 Å². The number of thiazole rings is 1. The number of aromatic nitrogens is 1. The van der Waals surface area contributed by atoms with Crippen molar-refractivity contribution in [1.82, 2.24) is 4.98 Å². The maximum Gasteiger partial charge on any atom is 0.187 e. The summed E-state index contributed by atoms with van der Waals surface area (Å²) >= 11 is 19.9. The molecule has 1 aromatic heterocycles.